The molecule has 11 heteroatoms. The molecule has 0 aliphatic carbocycles. The highest BCUT2D eigenvalue weighted by Gasteiger charge is 2.40. The summed E-state index contributed by atoms with van der Waals surface area (Å²) in [6.45, 7) is 8.56. The second kappa shape index (κ2) is 18.7. The predicted molar refractivity (Wildman–Crippen MR) is 209 cm³/mol. The average molecular weight is 765 g/mol. The Hall–Kier alpha value is -4.15. The van der Waals surface area contributed by atoms with Gasteiger partial charge in [0.1, 0.15) is 18.0 Å². The van der Waals surface area contributed by atoms with Crippen LogP contribution >= 0.6 is 23.2 Å². The fourth-order valence-corrected chi connectivity index (χ4v) is 6.61. The van der Waals surface area contributed by atoms with E-state index in [1.54, 1.807) is 42.3 Å². The van der Waals surface area contributed by atoms with Gasteiger partial charge in [0.25, 0.3) is 5.91 Å². The molecule has 2 amide bonds. The van der Waals surface area contributed by atoms with Crippen molar-refractivity contribution in [2.75, 3.05) is 38.3 Å². The highest BCUT2D eigenvalue weighted by molar-refractivity contribution is 6.31. The van der Waals surface area contributed by atoms with Crippen molar-refractivity contribution in [1.29, 1.82) is 0 Å². The van der Waals surface area contributed by atoms with E-state index in [9.17, 15) is 14.0 Å². The van der Waals surface area contributed by atoms with Crippen molar-refractivity contribution in [3.63, 3.8) is 0 Å². The molecule has 1 heterocycles. The van der Waals surface area contributed by atoms with E-state index in [0.29, 0.717) is 52.1 Å². The van der Waals surface area contributed by atoms with Gasteiger partial charge in [0.2, 0.25) is 5.91 Å². The van der Waals surface area contributed by atoms with Crippen LogP contribution in [0.15, 0.2) is 84.9 Å². The molecular weight excluding hydrogens is 716 g/mol. The predicted octanol–water partition coefficient (Wildman–Crippen LogP) is 8.71. The number of hydrogen-bond acceptors (Lipinski definition) is 6. The van der Waals surface area contributed by atoms with Crippen molar-refractivity contribution in [2.24, 2.45) is 5.41 Å². The number of methoxy groups -OCH3 is 1. The third-order valence-corrected chi connectivity index (χ3v) is 9.31. The first kappa shape index (κ1) is 40.0. The molecule has 0 aromatic heterocycles. The number of aryl methyl sites for hydroxylation is 1. The SMILES string of the molecule is COc1c(OCCCNCCCc2ccc(Cl)cc2)cccc1[C@H]1O[C@H](CC(=O)NCc2ccccc2F)C(=O)N(CC(C)(C)C)c2ccc(Cl)cc21. The van der Waals surface area contributed by atoms with Crippen LogP contribution in [0, 0.1) is 11.2 Å². The zero-order chi connectivity index (χ0) is 38.0. The van der Waals surface area contributed by atoms with E-state index < -0.39 is 23.9 Å². The minimum absolute atomic E-state index is 0.0243. The molecule has 8 nitrogen and oxygen atoms in total. The topological polar surface area (TPSA) is 89.1 Å². The summed E-state index contributed by atoms with van der Waals surface area (Å²) in [4.78, 5) is 29.4. The summed E-state index contributed by atoms with van der Waals surface area (Å²) in [6.07, 6.45) is 0.456. The zero-order valence-corrected chi connectivity index (χ0v) is 32.2. The maximum Gasteiger partial charge on any atom is 0.256 e. The first-order chi connectivity index (χ1) is 25.4. The lowest BCUT2D eigenvalue weighted by Crippen LogP contribution is -2.45. The second-order valence-corrected chi connectivity index (χ2v) is 15.2. The van der Waals surface area contributed by atoms with Gasteiger partial charge >= 0.3 is 0 Å². The Morgan fingerprint density at radius 3 is 2.40 bits per heavy atom. The Kier molecular flexibility index (Phi) is 14.2. The summed E-state index contributed by atoms with van der Waals surface area (Å²) in [5.41, 5.74) is 3.22. The van der Waals surface area contributed by atoms with E-state index in [0.717, 1.165) is 37.4 Å². The Labute approximate surface area is 321 Å². The van der Waals surface area contributed by atoms with Gasteiger partial charge in [-0.1, -0.05) is 86.4 Å². The van der Waals surface area contributed by atoms with E-state index in [1.165, 1.54) is 11.6 Å². The lowest BCUT2D eigenvalue weighted by atomic mass is 9.94. The molecule has 282 valence electrons. The van der Waals surface area contributed by atoms with Crippen molar-refractivity contribution in [3.05, 3.63) is 123 Å². The van der Waals surface area contributed by atoms with Gasteiger partial charge in [-0.05, 0) is 85.8 Å². The molecule has 4 aromatic carbocycles. The molecule has 0 fully saturated rings. The summed E-state index contributed by atoms with van der Waals surface area (Å²) in [5.74, 6) is -0.249. The number of carbonyl (C=O) groups is 2. The lowest BCUT2D eigenvalue weighted by Gasteiger charge is -2.31. The number of halogens is 3. The van der Waals surface area contributed by atoms with Gasteiger partial charge in [-0.2, -0.15) is 0 Å². The number of benzene rings is 4. The van der Waals surface area contributed by atoms with Crippen molar-refractivity contribution in [2.45, 2.75) is 65.2 Å². The van der Waals surface area contributed by atoms with Gasteiger partial charge in [0.15, 0.2) is 11.5 Å². The Balaban J connectivity index is 1.33. The van der Waals surface area contributed by atoms with Crippen molar-refractivity contribution >= 4 is 40.7 Å². The lowest BCUT2D eigenvalue weighted by molar-refractivity contribution is -0.138. The number of anilines is 1. The maximum atomic E-state index is 14.3. The van der Waals surface area contributed by atoms with Crippen LogP contribution in [0.3, 0.4) is 0 Å². The smallest absolute Gasteiger partial charge is 0.256 e. The number of rotatable bonds is 16. The van der Waals surface area contributed by atoms with Crippen LogP contribution in [0.4, 0.5) is 10.1 Å². The molecule has 4 aromatic rings. The molecule has 0 radical (unpaired) electrons. The summed E-state index contributed by atoms with van der Waals surface area (Å²) in [5, 5.41) is 7.44. The average Bonchev–Trinajstić information content (AvgIpc) is 3.22. The molecule has 1 aliphatic heterocycles. The highest BCUT2D eigenvalue weighted by atomic mass is 35.5. The van der Waals surface area contributed by atoms with Gasteiger partial charge < -0.3 is 29.7 Å². The fourth-order valence-electron chi connectivity index (χ4n) is 6.30. The quantitative estimate of drug-likeness (QED) is 0.111. The normalized spacial score (nSPS) is 15.8. The molecule has 0 bridgehead atoms. The molecule has 53 heavy (non-hydrogen) atoms. The van der Waals surface area contributed by atoms with Crippen LogP contribution in [0.5, 0.6) is 11.5 Å². The highest BCUT2D eigenvalue weighted by Crippen LogP contribution is 2.45. The van der Waals surface area contributed by atoms with E-state index >= 15 is 0 Å². The molecule has 2 atom stereocenters. The number of carbonyl (C=O) groups excluding carboxylic acids is 2. The molecule has 0 unspecified atom stereocenters. The number of ether oxygens (including phenoxy) is 3. The van der Waals surface area contributed by atoms with Crippen LogP contribution in [0.2, 0.25) is 10.0 Å². The monoisotopic (exact) mass is 763 g/mol. The summed E-state index contributed by atoms with van der Waals surface area (Å²) >= 11 is 12.6. The number of nitrogens with zero attached hydrogens (tertiary/aromatic N) is 1. The molecule has 1 aliphatic rings. The number of amides is 2. The van der Waals surface area contributed by atoms with Gasteiger partial charge in [0.05, 0.1) is 20.1 Å². The van der Waals surface area contributed by atoms with Crippen LogP contribution in [0.25, 0.3) is 0 Å². The number of nitrogens with one attached hydrogen (secondary N) is 2. The van der Waals surface area contributed by atoms with Gasteiger partial charge in [-0.15, -0.1) is 0 Å². The van der Waals surface area contributed by atoms with Crippen molar-refractivity contribution in [1.82, 2.24) is 10.6 Å². The van der Waals surface area contributed by atoms with Crippen LogP contribution < -0.4 is 25.0 Å². The third-order valence-electron chi connectivity index (χ3n) is 8.83. The van der Waals surface area contributed by atoms with Crippen LogP contribution in [-0.2, 0) is 27.3 Å². The minimum atomic E-state index is -1.17. The number of hydrogen-bond donors (Lipinski definition) is 2. The van der Waals surface area contributed by atoms with Gasteiger partial charge in [-0.3, -0.25) is 9.59 Å². The van der Waals surface area contributed by atoms with Gasteiger partial charge in [-0.25, -0.2) is 4.39 Å². The molecular formula is C42H48Cl2FN3O5. The van der Waals surface area contributed by atoms with Crippen molar-refractivity contribution in [3.8, 4) is 11.5 Å². The fraction of sp³-hybridized carbons (Fsp3) is 0.381. The third kappa shape index (κ3) is 11.2. The summed E-state index contributed by atoms with van der Waals surface area (Å²) in [6, 6.07) is 25.1. The standard InChI is InChI=1S/C42H48Cl2FN3O5/c1-42(2,3)27-48-35-20-19-31(44)24-33(35)39(53-37(41(48)50)25-38(49)47-26-29-11-5-6-13-34(29)45)32-12-7-14-36(40(32)51-4)52-23-9-22-46-21-8-10-28-15-17-30(43)18-16-28/h5-7,11-20,24,37,39,46H,8-10,21-23,25-27H2,1-4H3,(H,47,49)/t37-,39-/m1/s1. The number of para-hydroxylation sites is 1. The largest absolute Gasteiger partial charge is 0.492 e. The van der Waals surface area contributed by atoms with Crippen molar-refractivity contribution < 1.29 is 28.2 Å². The molecule has 0 saturated heterocycles. The Morgan fingerprint density at radius 1 is 0.925 bits per heavy atom. The van der Waals surface area contributed by atoms with Crippen LogP contribution in [-0.4, -0.2) is 51.3 Å². The molecule has 5 rings (SSSR count). The molecule has 0 spiro atoms. The van der Waals surface area contributed by atoms with E-state index in [2.05, 4.69) is 22.8 Å². The van der Waals surface area contributed by atoms with E-state index in [4.69, 9.17) is 37.4 Å². The summed E-state index contributed by atoms with van der Waals surface area (Å²) in [7, 11) is 1.56. The second-order valence-electron chi connectivity index (χ2n) is 14.3. The Morgan fingerprint density at radius 2 is 1.66 bits per heavy atom. The number of fused-ring (bicyclic) bond motifs is 1. The molecule has 2 N–H and O–H groups in total. The van der Waals surface area contributed by atoms with E-state index in [-0.39, 0.29) is 24.3 Å². The van der Waals surface area contributed by atoms with Gasteiger partial charge in [0, 0.05) is 45.5 Å². The first-order valence-electron chi connectivity index (χ1n) is 17.9. The molecule has 0 saturated carbocycles. The minimum Gasteiger partial charge on any atom is -0.492 e. The van der Waals surface area contributed by atoms with Crippen LogP contribution in [0.1, 0.15) is 68.4 Å². The first-order valence-corrected chi connectivity index (χ1v) is 18.7. The Bertz CT molecular complexity index is 1850. The van der Waals surface area contributed by atoms with E-state index in [1.807, 2.05) is 57.2 Å². The summed E-state index contributed by atoms with van der Waals surface area (Å²) < 4.78 is 33.2. The maximum absolute atomic E-state index is 14.3. The zero-order valence-electron chi connectivity index (χ0n) is 30.7.